The van der Waals surface area contributed by atoms with Crippen LogP contribution < -0.4 is 5.32 Å². The predicted octanol–water partition coefficient (Wildman–Crippen LogP) is 1.66. The van der Waals surface area contributed by atoms with Gasteiger partial charge < -0.3 is 15.0 Å². The van der Waals surface area contributed by atoms with Crippen molar-refractivity contribution in [3.63, 3.8) is 0 Å². The van der Waals surface area contributed by atoms with E-state index in [1.807, 2.05) is 46.6 Å². The molecule has 2 amide bonds. The fraction of sp³-hybridized carbons (Fsp3) is 0.850. The van der Waals surface area contributed by atoms with E-state index in [0.717, 1.165) is 25.8 Å². The summed E-state index contributed by atoms with van der Waals surface area (Å²) >= 11 is 0. The molecule has 3 atom stereocenters. The summed E-state index contributed by atoms with van der Waals surface area (Å²) in [6, 6.07) is -1.64. The zero-order chi connectivity index (χ0) is 20.9. The summed E-state index contributed by atoms with van der Waals surface area (Å²) in [5, 5.41) is 2.96. The van der Waals surface area contributed by atoms with Crippen LogP contribution in [-0.4, -0.2) is 73.5 Å². The van der Waals surface area contributed by atoms with Gasteiger partial charge in [-0.25, -0.2) is 4.79 Å². The van der Waals surface area contributed by atoms with Crippen LogP contribution in [0, 0.1) is 11.3 Å². The van der Waals surface area contributed by atoms with Gasteiger partial charge in [-0.3, -0.25) is 14.5 Å². The maximum absolute atomic E-state index is 13.2. The molecule has 1 aliphatic heterocycles. The van der Waals surface area contributed by atoms with Gasteiger partial charge in [-0.1, -0.05) is 41.0 Å². The number of esters is 1. The molecular formula is C20H37N3O4. The van der Waals surface area contributed by atoms with E-state index in [-0.39, 0.29) is 23.8 Å². The number of amides is 2. The Bertz CT molecular complexity index is 542. The number of methoxy groups -OCH3 is 1. The van der Waals surface area contributed by atoms with Crippen LogP contribution in [-0.2, 0) is 19.1 Å². The minimum Gasteiger partial charge on any atom is -0.467 e. The molecule has 0 bridgehead atoms. The first-order chi connectivity index (χ1) is 12.4. The lowest BCUT2D eigenvalue weighted by molar-refractivity contribution is -0.155. The first-order valence-corrected chi connectivity index (χ1v) is 9.77. The third-order valence-corrected chi connectivity index (χ3v) is 5.31. The lowest BCUT2D eigenvalue weighted by Gasteiger charge is -2.39. The molecule has 0 aliphatic carbocycles. The Morgan fingerprint density at radius 2 is 1.78 bits per heavy atom. The van der Waals surface area contributed by atoms with Gasteiger partial charge in [0, 0.05) is 7.05 Å². The number of rotatable bonds is 6. The number of carbonyl (C=O) groups excluding carboxylic acids is 3. The summed E-state index contributed by atoms with van der Waals surface area (Å²) in [7, 11) is 4.86. The van der Waals surface area contributed by atoms with Crippen LogP contribution in [0.15, 0.2) is 0 Å². The molecule has 0 aromatic heterocycles. The highest BCUT2D eigenvalue weighted by molar-refractivity contribution is 5.92. The Hall–Kier alpha value is -1.63. The van der Waals surface area contributed by atoms with Crippen LogP contribution in [0.1, 0.15) is 53.9 Å². The monoisotopic (exact) mass is 383 g/mol. The van der Waals surface area contributed by atoms with Crippen LogP contribution >= 0.6 is 0 Å². The van der Waals surface area contributed by atoms with Gasteiger partial charge in [0.05, 0.1) is 13.2 Å². The Morgan fingerprint density at radius 1 is 1.19 bits per heavy atom. The predicted molar refractivity (Wildman–Crippen MR) is 105 cm³/mol. The number of ether oxygens (including phenoxy) is 1. The fourth-order valence-electron chi connectivity index (χ4n) is 3.63. The number of likely N-dealkylation sites (N-methyl/N-ethyl adjacent to an activating group) is 2. The molecule has 0 radical (unpaired) electrons. The third kappa shape index (κ3) is 5.92. The maximum atomic E-state index is 13.2. The Morgan fingerprint density at radius 3 is 2.22 bits per heavy atom. The van der Waals surface area contributed by atoms with E-state index in [9.17, 15) is 14.4 Å². The molecule has 0 spiro atoms. The minimum absolute atomic E-state index is 0.104. The van der Waals surface area contributed by atoms with Crippen molar-refractivity contribution in [3.8, 4) is 0 Å². The molecule has 1 N–H and O–H groups in total. The summed E-state index contributed by atoms with van der Waals surface area (Å²) in [5.74, 6) is -0.963. The van der Waals surface area contributed by atoms with E-state index in [1.54, 1.807) is 7.05 Å². The molecule has 27 heavy (non-hydrogen) atoms. The highest BCUT2D eigenvalue weighted by Gasteiger charge is 2.41. The molecule has 156 valence electrons. The van der Waals surface area contributed by atoms with Crippen molar-refractivity contribution < 1.29 is 19.1 Å². The molecular weight excluding hydrogens is 346 g/mol. The van der Waals surface area contributed by atoms with Gasteiger partial charge in [0.1, 0.15) is 12.1 Å². The smallest absolute Gasteiger partial charge is 0.328 e. The summed E-state index contributed by atoms with van der Waals surface area (Å²) in [4.78, 5) is 41.7. The number of carbonyl (C=O) groups is 3. The van der Waals surface area contributed by atoms with Crippen molar-refractivity contribution >= 4 is 17.8 Å². The number of nitrogens with one attached hydrogen (secondary N) is 1. The summed E-state index contributed by atoms with van der Waals surface area (Å²) < 4.78 is 4.87. The van der Waals surface area contributed by atoms with E-state index < -0.39 is 23.5 Å². The molecule has 7 nitrogen and oxygen atoms in total. The average molecular weight is 384 g/mol. The van der Waals surface area contributed by atoms with E-state index in [0.29, 0.717) is 0 Å². The first kappa shape index (κ1) is 23.4. The quantitative estimate of drug-likeness (QED) is 0.706. The topological polar surface area (TPSA) is 79.0 Å². The normalized spacial score (nSPS) is 20.7. The van der Waals surface area contributed by atoms with Crippen molar-refractivity contribution in [2.24, 2.45) is 11.3 Å². The van der Waals surface area contributed by atoms with Crippen molar-refractivity contribution in [1.82, 2.24) is 15.1 Å². The zero-order valence-electron chi connectivity index (χ0n) is 18.2. The number of nitrogens with zero attached hydrogens (tertiary/aromatic N) is 2. The van der Waals surface area contributed by atoms with Crippen LogP contribution in [0.5, 0.6) is 0 Å². The third-order valence-electron chi connectivity index (χ3n) is 5.31. The van der Waals surface area contributed by atoms with Crippen LogP contribution in [0.2, 0.25) is 0 Å². The number of likely N-dealkylation sites (tertiary alicyclic amines) is 1. The zero-order valence-corrected chi connectivity index (χ0v) is 18.2. The lowest BCUT2D eigenvalue weighted by Crippen LogP contribution is -2.60. The molecule has 0 saturated carbocycles. The van der Waals surface area contributed by atoms with Gasteiger partial charge in [-0.2, -0.15) is 0 Å². The summed E-state index contributed by atoms with van der Waals surface area (Å²) in [5.41, 5.74) is -0.494. The van der Waals surface area contributed by atoms with Crippen molar-refractivity contribution in [2.75, 3.05) is 27.7 Å². The Balaban J connectivity index is 3.03. The molecule has 1 aliphatic rings. The van der Waals surface area contributed by atoms with E-state index in [2.05, 4.69) is 5.32 Å². The first-order valence-electron chi connectivity index (χ1n) is 9.77. The largest absolute Gasteiger partial charge is 0.467 e. The lowest BCUT2D eigenvalue weighted by atomic mass is 9.84. The van der Waals surface area contributed by atoms with E-state index in [1.165, 1.54) is 12.0 Å². The SMILES string of the molecule is COC(=O)[C@H](C(C)C)N(C)C(=O)C(NC(=O)[C@H]1CCCCN1C)C(C)(C)C. The molecule has 1 fully saturated rings. The standard InChI is InChI=1S/C20H37N3O4/c1-13(2)15(19(26)27-8)23(7)18(25)16(20(3,4)5)21-17(24)14-11-9-10-12-22(14)6/h13-16H,9-12H2,1-8H3,(H,21,24)/t14-,15+,16?/m1/s1. The number of piperidine rings is 1. The average Bonchev–Trinajstić information content (AvgIpc) is 2.57. The highest BCUT2D eigenvalue weighted by atomic mass is 16.5. The van der Waals surface area contributed by atoms with Gasteiger partial charge >= 0.3 is 5.97 Å². The molecule has 1 unspecified atom stereocenters. The summed E-state index contributed by atoms with van der Waals surface area (Å²) in [6.07, 6.45) is 2.88. The van der Waals surface area contributed by atoms with Crippen LogP contribution in [0.3, 0.4) is 0 Å². The van der Waals surface area contributed by atoms with E-state index >= 15 is 0 Å². The number of hydrogen-bond donors (Lipinski definition) is 1. The van der Waals surface area contributed by atoms with Crippen LogP contribution in [0.25, 0.3) is 0 Å². The second kappa shape index (κ2) is 9.53. The minimum atomic E-state index is -0.726. The second-order valence-electron chi connectivity index (χ2n) is 8.96. The maximum Gasteiger partial charge on any atom is 0.328 e. The van der Waals surface area contributed by atoms with Gasteiger partial charge in [0.15, 0.2) is 0 Å². The van der Waals surface area contributed by atoms with Crippen molar-refractivity contribution in [3.05, 3.63) is 0 Å². The molecule has 7 heteroatoms. The van der Waals surface area contributed by atoms with Gasteiger partial charge in [0.2, 0.25) is 11.8 Å². The van der Waals surface area contributed by atoms with Crippen molar-refractivity contribution in [1.29, 1.82) is 0 Å². The van der Waals surface area contributed by atoms with E-state index in [4.69, 9.17) is 4.74 Å². The molecule has 0 aromatic rings. The van der Waals surface area contributed by atoms with Gasteiger partial charge in [-0.05, 0) is 37.8 Å². The molecule has 1 rings (SSSR count). The highest BCUT2D eigenvalue weighted by Crippen LogP contribution is 2.24. The molecule has 0 aromatic carbocycles. The van der Waals surface area contributed by atoms with Gasteiger partial charge in [-0.15, -0.1) is 0 Å². The second-order valence-corrected chi connectivity index (χ2v) is 8.96. The Labute approximate surface area is 163 Å². The molecule has 1 saturated heterocycles. The van der Waals surface area contributed by atoms with Gasteiger partial charge in [0.25, 0.3) is 0 Å². The molecule has 1 heterocycles. The Kier molecular flexibility index (Phi) is 8.26. The fourth-order valence-corrected chi connectivity index (χ4v) is 3.63. The number of hydrogen-bond acceptors (Lipinski definition) is 5. The summed E-state index contributed by atoms with van der Waals surface area (Å²) in [6.45, 7) is 10.4. The van der Waals surface area contributed by atoms with Crippen LogP contribution in [0.4, 0.5) is 0 Å². The van der Waals surface area contributed by atoms with Crippen molar-refractivity contribution in [2.45, 2.75) is 72.0 Å².